The van der Waals surface area contributed by atoms with E-state index >= 15 is 0 Å². The smallest absolute Gasteiger partial charge is 0.290 e. The predicted molar refractivity (Wildman–Crippen MR) is 96.6 cm³/mol. The monoisotopic (exact) mass is 342 g/mol. The lowest BCUT2D eigenvalue weighted by Gasteiger charge is -2.33. The molecule has 1 amide bonds. The molecule has 2 aliphatic heterocycles. The van der Waals surface area contributed by atoms with Crippen LogP contribution in [0.5, 0.6) is 0 Å². The average Bonchev–Trinajstić information content (AvgIpc) is 3.33. The normalized spacial score (nSPS) is 24.5. The van der Waals surface area contributed by atoms with Crippen LogP contribution in [-0.4, -0.2) is 55.0 Å². The first-order valence-electron chi connectivity index (χ1n) is 9.21. The van der Waals surface area contributed by atoms with Crippen LogP contribution in [0.15, 0.2) is 28.7 Å². The summed E-state index contributed by atoms with van der Waals surface area (Å²) in [5.74, 6) is 0.474. The van der Waals surface area contributed by atoms with Crippen molar-refractivity contribution in [3.63, 3.8) is 0 Å². The Hall–Kier alpha value is -1.85. The molecule has 0 radical (unpaired) electrons. The van der Waals surface area contributed by atoms with Gasteiger partial charge >= 0.3 is 0 Å². The van der Waals surface area contributed by atoms with Crippen LogP contribution in [0.25, 0.3) is 11.0 Å². The Morgan fingerprint density at radius 1 is 1.20 bits per heavy atom. The summed E-state index contributed by atoms with van der Waals surface area (Å²) in [6, 6.07) is 8.58. The predicted octanol–water partition coefficient (Wildman–Crippen LogP) is 3.28. The van der Waals surface area contributed by atoms with Gasteiger partial charge in [0.15, 0.2) is 5.76 Å². The van der Waals surface area contributed by atoms with Gasteiger partial charge in [-0.15, -0.1) is 0 Å². The number of nitrogens with zero attached hydrogens (tertiary/aromatic N) is 2. The maximum absolute atomic E-state index is 13.3. The summed E-state index contributed by atoms with van der Waals surface area (Å²) < 4.78 is 11.3. The lowest BCUT2D eigenvalue weighted by atomic mass is 10.0. The number of ether oxygens (including phenoxy) is 1. The second kappa shape index (κ2) is 6.81. The van der Waals surface area contributed by atoms with Crippen LogP contribution < -0.4 is 0 Å². The SMILES string of the molecule is COCc1c(C(=O)N2CCCC2C2CCCN2C)oc2ccccc12. The maximum atomic E-state index is 13.3. The standard InChI is InChI=1S/C20H26N2O3/c1-21-11-5-8-16(21)17-9-6-12-22(17)20(23)19-15(13-24-2)14-7-3-4-10-18(14)25-19/h3-4,7,10,16-17H,5-6,8-9,11-13H2,1-2H3. The number of fused-ring (bicyclic) bond motifs is 1. The molecular weight excluding hydrogens is 316 g/mol. The molecule has 2 atom stereocenters. The molecule has 25 heavy (non-hydrogen) atoms. The number of rotatable bonds is 4. The fourth-order valence-electron chi connectivity index (χ4n) is 4.56. The number of likely N-dealkylation sites (N-methyl/N-ethyl adjacent to an activating group) is 1. The van der Waals surface area contributed by atoms with E-state index < -0.39 is 0 Å². The molecule has 134 valence electrons. The number of hydrogen-bond donors (Lipinski definition) is 0. The maximum Gasteiger partial charge on any atom is 0.290 e. The molecular formula is C20H26N2O3. The Morgan fingerprint density at radius 2 is 1.96 bits per heavy atom. The first kappa shape index (κ1) is 16.6. The number of carbonyl (C=O) groups excluding carboxylic acids is 1. The summed E-state index contributed by atoms with van der Waals surface area (Å²) in [6.07, 6.45) is 4.55. The summed E-state index contributed by atoms with van der Waals surface area (Å²) in [7, 11) is 3.83. The van der Waals surface area contributed by atoms with Gasteiger partial charge in [0, 0.05) is 36.7 Å². The summed E-state index contributed by atoms with van der Waals surface area (Å²) >= 11 is 0. The van der Waals surface area contributed by atoms with Gasteiger partial charge in [0.1, 0.15) is 5.58 Å². The van der Waals surface area contributed by atoms with Gasteiger partial charge in [-0.2, -0.15) is 0 Å². The van der Waals surface area contributed by atoms with E-state index in [0.717, 1.165) is 42.5 Å². The number of carbonyl (C=O) groups is 1. The van der Waals surface area contributed by atoms with E-state index in [0.29, 0.717) is 24.5 Å². The molecule has 5 heteroatoms. The van der Waals surface area contributed by atoms with Crippen molar-refractivity contribution in [1.29, 1.82) is 0 Å². The van der Waals surface area contributed by atoms with E-state index in [2.05, 4.69) is 11.9 Å². The van der Waals surface area contributed by atoms with Gasteiger partial charge in [0.2, 0.25) is 0 Å². The second-order valence-electron chi connectivity index (χ2n) is 7.24. The van der Waals surface area contributed by atoms with Crippen molar-refractivity contribution in [2.75, 3.05) is 27.2 Å². The van der Waals surface area contributed by atoms with Gasteiger partial charge in [0.25, 0.3) is 5.91 Å². The lowest BCUT2D eigenvalue weighted by molar-refractivity contribution is 0.0629. The van der Waals surface area contributed by atoms with E-state index in [1.165, 1.54) is 12.8 Å². The van der Waals surface area contributed by atoms with Crippen molar-refractivity contribution in [3.8, 4) is 0 Å². The molecule has 2 unspecified atom stereocenters. The third kappa shape index (κ3) is 2.85. The Morgan fingerprint density at radius 3 is 2.72 bits per heavy atom. The van der Waals surface area contributed by atoms with E-state index in [-0.39, 0.29) is 5.91 Å². The Kier molecular flexibility index (Phi) is 4.52. The third-order valence-corrected chi connectivity index (χ3v) is 5.76. The molecule has 4 rings (SSSR count). The molecule has 2 fully saturated rings. The van der Waals surface area contributed by atoms with Gasteiger partial charge in [-0.1, -0.05) is 18.2 Å². The van der Waals surface area contributed by atoms with Gasteiger partial charge < -0.3 is 19.0 Å². The highest BCUT2D eigenvalue weighted by Crippen LogP contribution is 2.33. The van der Waals surface area contributed by atoms with Crippen LogP contribution >= 0.6 is 0 Å². The van der Waals surface area contributed by atoms with E-state index in [4.69, 9.17) is 9.15 Å². The minimum Gasteiger partial charge on any atom is -0.451 e. The van der Waals surface area contributed by atoms with Crippen LogP contribution in [0, 0.1) is 0 Å². The Bertz CT molecular complexity index is 769. The van der Waals surface area contributed by atoms with Crippen molar-refractivity contribution in [3.05, 3.63) is 35.6 Å². The highest BCUT2D eigenvalue weighted by atomic mass is 16.5. The second-order valence-corrected chi connectivity index (χ2v) is 7.24. The molecule has 1 aromatic heterocycles. The molecule has 0 bridgehead atoms. The minimum atomic E-state index is 0.0195. The summed E-state index contributed by atoms with van der Waals surface area (Å²) in [5.41, 5.74) is 1.63. The highest BCUT2D eigenvalue weighted by Gasteiger charge is 2.40. The zero-order valence-electron chi connectivity index (χ0n) is 15.0. The van der Waals surface area contributed by atoms with E-state index in [1.807, 2.05) is 29.2 Å². The number of para-hydroxylation sites is 1. The van der Waals surface area contributed by atoms with Crippen molar-refractivity contribution < 1.29 is 13.9 Å². The van der Waals surface area contributed by atoms with Crippen molar-refractivity contribution in [2.45, 2.75) is 44.4 Å². The fourth-order valence-corrected chi connectivity index (χ4v) is 4.56. The van der Waals surface area contributed by atoms with Gasteiger partial charge in [-0.3, -0.25) is 4.79 Å². The topological polar surface area (TPSA) is 45.9 Å². The number of methoxy groups -OCH3 is 1. The quantitative estimate of drug-likeness (QED) is 0.855. The number of amides is 1. The first-order valence-corrected chi connectivity index (χ1v) is 9.21. The first-order chi connectivity index (χ1) is 12.2. The van der Waals surface area contributed by atoms with Crippen LogP contribution in [0.1, 0.15) is 41.8 Å². The fraction of sp³-hybridized carbons (Fsp3) is 0.550. The van der Waals surface area contributed by atoms with Gasteiger partial charge in [0.05, 0.1) is 6.61 Å². The van der Waals surface area contributed by atoms with Crippen molar-refractivity contribution >= 4 is 16.9 Å². The van der Waals surface area contributed by atoms with Crippen LogP contribution in [0.2, 0.25) is 0 Å². The van der Waals surface area contributed by atoms with Gasteiger partial charge in [-0.25, -0.2) is 0 Å². The van der Waals surface area contributed by atoms with Crippen molar-refractivity contribution in [2.24, 2.45) is 0 Å². The zero-order valence-corrected chi connectivity index (χ0v) is 15.0. The average molecular weight is 342 g/mol. The van der Waals surface area contributed by atoms with Crippen molar-refractivity contribution in [1.82, 2.24) is 9.80 Å². The van der Waals surface area contributed by atoms with E-state index in [9.17, 15) is 4.79 Å². The summed E-state index contributed by atoms with van der Waals surface area (Å²) in [6.45, 7) is 2.33. The third-order valence-electron chi connectivity index (χ3n) is 5.76. The summed E-state index contributed by atoms with van der Waals surface area (Å²) in [4.78, 5) is 17.8. The number of hydrogen-bond acceptors (Lipinski definition) is 4. The lowest BCUT2D eigenvalue weighted by Crippen LogP contribution is -2.47. The molecule has 2 aromatic rings. The molecule has 5 nitrogen and oxygen atoms in total. The minimum absolute atomic E-state index is 0.0195. The number of furan rings is 1. The molecule has 0 aliphatic carbocycles. The zero-order chi connectivity index (χ0) is 17.4. The number of likely N-dealkylation sites (tertiary alicyclic amines) is 2. The molecule has 0 N–H and O–H groups in total. The Labute approximate surface area is 148 Å². The molecule has 2 aliphatic rings. The van der Waals surface area contributed by atoms with Crippen LogP contribution in [-0.2, 0) is 11.3 Å². The highest BCUT2D eigenvalue weighted by molar-refractivity contribution is 5.99. The van der Waals surface area contributed by atoms with Crippen LogP contribution in [0.4, 0.5) is 0 Å². The Balaban J connectivity index is 1.68. The molecule has 0 spiro atoms. The van der Waals surface area contributed by atoms with Gasteiger partial charge in [-0.05, 0) is 45.3 Å². The molecule has 1 aromatic carbocycles. The molecule has 0 saturated carbocycles. The summed E-state index contributed by atoms with van der Waals surface area (Å²) in [5, 5.41) is 0.974. The van der Waals surface area contributed by atoms with E-state index in [1.54, 1.807) is 7.11 Å². The molecule has 2 saturated heterocycles. The number of benzene rings is 1. The molecule has 3 heterocycles. The largest absolute Gasteiger partial charge is 0.451 e. The van der Waals surface area contributed by atoms with Crippen LogP contribution in [0.3, 0.4) is 0 Å².